The minimum atomic E-state index is -1.56. The number of carbonyl (C=O) groups is 2. The fourth-order valence-electron chi connectivity index (χ4n) is 3.93. The van der Waals surface area contributed by atoms with Gasteiger partial charge in [0.1, 0.15) is 0 Å². The summed E-state index contributed by atoms with van der Waals surface area (Å²) in [7, 11) is 2.99. The van der Waals surface area contributed by atoms with Crippen LogP contribution < -0.4 is 0 Å². The molecule has 0 spiro atoms. The van der Waals surface area contributed by atoms with Crippen molar-refractivity contribution < 1.29 is 19.4 Å². The minimum absolute atomic E-state index is 0.0851. The molecule has 2 aromatic heterocycles. The largest absolute Gasteiger partial charge is 0.464 e. The normalized spacial score (nSPS) is 19.1. The van der Waals surface area contributed by atoms with Crippen molar-refractivity contribution in [1.29, 1.82) is 0 Å². The molecular formula is C22H24N4O4. The molecule has 1 atom stereocenters. The van der Waals surface area contributed by atoms with Gasteiger partial charge in [-0.05, 0) is 31.5 Å². The zero-order valence-corrected chi connectivity index (χ0v) is 17.4. The molecule has 3 heterocycles. The first-order chi connectivity index (χ1) is 14.3. The lowest BCUT2D eigenvalue weighted by molar-refractivity contribution is -0.143. The molecule has 1 saturated heterocycles. The Labute approximate surface area is 174 Å². The van der Waals surface area contributed by atoms with E-state index in [9.17, 15) is 14.7 Å². The van der Waals surface area contributed by atoms with E-state index in [0.29, 0.717) is 29.8 Å². The maximum atomic E-state index is 12.5. The Bertz CT molecular complexity index is 1150. The second kappa shape index (κ2) is 7.21. The fraction of sp³-hybridized carbons (Fsp3) is 0.364. The Morgan fingerprint density at radius 2 is 2.07 bits per heavy atom. The molecular weight excluding hydrogens is 384 g/mol. The van der Waals surface area contributed by atoms with E-state index in [4.69, 9.17) is 4.74 Å². The molecule has 8 heteroatoms. The van der Waals surface area contributed by atoms with Crippen molar-refractivity contribution in [3.8, 4) is 11.3 Å². The zero-order valence-electron chi connectivity index (χ0n) is 17.4. The Morgan fingerprint density at radius 3 is 2.70 bits per heavy atom. The van der Waals surface area contributed by atoms with Crippen molar-refractivity contribution in [3.63, 3.8) is 0 Å². The number of pyridine rings is 1. The molecule has 1 fully saturated rings. The average Bonchev–Trinajstić information content (AvgIpc) is 3.30. The third-order valence-electron chi connectivity index (χ3n) is 5.60. The predicted molar refractivity (Wildman–Crippen MR) is 111 cm³/mol. The van der Waals surface area contributed by atoms with Gasteiger partial charge in [-0.2, -0.15) is 5.10 Å². The maximum Gasteiger partial charge on any atom is 0.356 e. The molecule has 3 aromatic rings. The van der Waals surface area contributed by atoms with E-state index in [0.717, 1.165) is 10.9 Å². The van der Waals surface area contributed by atoms with Crippen LogP contribution in [0.4, 0.5) is 0 Å². The number of carbonyl (C=O) groups excluding carboxylic acids is 2. The Kier molecular flexibility index (Phi) is 4.82. The highest BCUT2D eigenvalue weighted by Gasteiger charge is 2.45. The molecule has 156 valence electrons. The van der Waals surface area contributed by atoms with Crippen LogP contribution in [-0.4, -0.2) is 57.3 Å². The number of ether oxygens (including phenoxy) is 1. The smallest absolute Gasteiger partial charge is 0.356 e. The number of fused-ring (bicyclic) bond motifs is 1. The van der Waals surface area contributed by atoms with Gasteiger partial charge >= 0.3 is 5.97 Å². The van der Waals surface area contributed by atoms with E-state index in [-0.39, 0.29) is 17.6 Å². The van der Waals surface area contributed by atoms with Crippen LogP contribution in [0.1, 0.15) is 42.4 Å². The molecule has 1 amide bonds. The highest BCUT2D eigenvalue weighted by Crippen LogP contribution is 2.36. The highest BCUT2D eigenvalue weighted by atomic mass is 16.5. The fourth-order valence-corrected chi connectivity index (χ4v) is 3.93. The second-order valence-electron chi connectivity index (χ2n) is 7.88. The summed E-state index contributed by atoms with van der Waals surface area (Å²) in [5, 5.41) is 16.3. The number of hydrogen-bond donors (Lipinski definition) is 1. The Balaban J connectivity index is 1.91. The highest BCUT2D eigenvalue weighted by molar-refractivity contribution is 5.98. The molecule has 30 heavy (non-hydrogen) atoms. The number of hydrogen-bond acceptors (Lipinski definition) is 6. The number of nitrogens with zero attached hydrogens (tertiary/aromatic N) is 4. The number of methoxy groups -OCH3 is 1. The van der Waals surface area contributed by atoms with Crippen LogP contribution in [0.15, 0.2) is 36.5 Å². The number of aromatic nitrogens is 3. The topological polar surface area (TPSA) is 97.5 Å². The van der Waals surface area contributed by atoms with Crippen LogP contribution in [-0.2, 0) is 15.1 Å². The standard InChI is InChI=1S/C22H24N4O4/c1-13(2)26-18-11-17(20(27)30-4)24-19(16(18)12-23-26)14-6-5-7-15(10-14)22(29)8-9-25(3)21(22)28/h5-7,10-13,29H,8-9H2,1-4H3. The zero-order chi connectivity index (χ0) is 21.6. The summed E-state index contributed by atoms with van der Waals surface area (Å²) in [6, 6.07) is 8.86. The Morgan fingerprint density at radius 1 is 1.30 bits per heavy atom. The SMILES string of the molecule is COC(=O)c1cc2c(cnn2C(C)C)c(-c2cccc(C3(O)CCN(C)C3=O)c2)n1. The molecule has 0 bridgehead atoms. The van der Waals surface area contributed by atoms with Crippen molar-refractivity contribution in [2.24, 2.45) is 0 Å². The molecule has 1 aliphatic heterocycles. The van der Waals surface area contributed by atoms with Crippen molar-refractivity contribution in [1.82, 2.24) is 19.7 Å². The maximum absolute atomic E-state index is 12.5. The van der Waals surface area contributed by atoms with Gasteiger partial charge in [-0.15, -0.1) is 0 Å². The van der Waals surface area contributed by atoms with E-state index < -0.39 is 11.6 Å². The van der Waals surface area contributed by atoms with Crippen LogP contribution in [0.2, 0.25) is 0 Å². The number of likely N-dealkylation sites (N-methyl/N-ethyl adjacent to an activating group) is 1. The first kappa shape index (κ1) is 20.0. The van der Waals surface area contributed by atoms with Gasteiger partial charge in [0.15, 0.2) is 11.3 Å². The van der Waals surface area contributed by atoms with Crippen LogP contribution in [0, 0.1) is 0 Å². The monoisotopic (exact) mass is 408 g/mol. The van der Waals surface area contributed by atoms with E-state index in [1.54, 1.807) is 37.5 Å². The van der Waals surface area contributed by atoms with Crippen LogP contribution in [0.5, 0.6) is 0 Å². The van der Waals surface area contributed by atoms with Gasteiger partial charge in [0.05, 0.1) is 24.5 Å². The molecule has 4 rings (SSSR count). The lowest BCUT2D eigenvalue weighted by atomic mass is 9.90. The number of likely N-dealkylation sites (tertiary alicyclic amines) is 1. The average molecular weight is 408 g/mol. The van der Waals surface area contributed by atoms with Crippen LogP contribution in [0.25, 0.3) is 22.2 Å². The quantitative estimate of drug-likeness (QED) is 0.666. The molecule has 1 aliphatic rings. The van der Waals surface area contributed by atoms with Crippen molar-refractivity contribution in [2.75, 3.05) is 20.7 Å². The summed E-state index contributed by atoms with van der Waals surface area (Å²) in [4.78, 5) is 30.8. The first-order valence-corrected chi connectivity index (χ1v) is 9.81. The molecule has 1 aromatic carbocycles. The second-order valence-corrected chi connectivity index (χ2v) is 7.88. The van der Waals surface area contributed by atoms with Crippen LogP contribution >= 0.6 is 0 Å². The molecule has 0 saturated carbocycles. The van der Waals surface area contributed by atoms with E-state index >= 15 is 0 Å². The summed E-state index contributed by atoms with van der Waals surface area (Å²) in [6.07, 6.45) is 2.04. The number of rotatable bonds is 4. The lowest BCUT2D eigenvalue weighted by Crippen LogP contribution is -2.36. The van der Waals surface area contributed by atoms with Crippen molar-refractivity contribution in [2.45, 2.75) is 31.9 Å². The summed E-state index contributed by atoms with van der Waals surface area (Å²) in [5.74, 6) is -0.870. The summed E-state index contributed by atoms with van der Waals surface area (Å²) >= 11 is 0. The van der Waals surface area contributed by atoms with Gasteiger partial charge in [-0.3, -0.25) is 9.48 Å². The summed E-state index contributed by atoms with van der Waals surface area (Å²) < 4.78 is 6.70. The Hall–Kier alpha value is -3.26. The van der Waals surface area contributed by atoms with E-state index in [1.807, 2.05) is 24.6 Å². The number of esters is 1. The van der Waals surface area contributed by atoms with Gasteiger partial charge < -0.3 is 14.7 Å². The van der Waals surface area contributed by atoms with Gasteiger partial charge in [0.2, 0.25) is 0 Å². The predicted octanol–water partition coefficient (Wildman–Crippen LogP) is 2.52. The first-order valence-electron chi connectivity index (χ1n) is 9.81. The summed E-state index contributed by atoms with van der Waals surface area (Å²) in [6.45, 7) is 4.49. The minimum Gasteiger partial charge on any atom is -0.464 e. The van der Waals surface area contributed by atoms with Crippen molar-refractivity contribution in [3.05, 3.63) is 47.8 Å². The van der Waals surface area contributed by atoms with Crippen LogP contribution in [0.3, 0.4) is 0 Å². The number of aliphatic hydroxyl groups is 1. The number of benzene rings is 1. The van der Waals surface area contributed by atoms with Gasteiger partial charge in [0, 0.05) is 37.0 Å². The van der Waals surface area contributed by atoms with E-state index in [1.165, 1.54) is 12.0 Å². The van der Waals surface area contributed by atoms with Gasteiger partial charge in [0.25, 0.3) is 5.91 Å². The van der Waals surface area contributed by atoms with Crippen molar-refractivity contribution >= 4 is 22.8 Å². The molecule has 1 N–H and O–H groups in total. The van der Waals surface area contributed by atoms with E-state index in [2.05, 4.69) is 10.1 Å². The molecule has 8 nitrogen and oxygen atoms in total. The molecule has 1 unspecified atom stereocenters. The third-order valence-corrected chi connectivity index (χ3v) is 5.60. The molecule has 0 radical (unpaired) electrons. The van der Waals surface area contributed by atoms with Gasteiger partial charge in [-0.25, -0.2) is 9.78 Å². The number of amides is 1. The summed E-state index contributed by atoms with van der Waals surface area (Å²) in [5.41, 5.74) is 1.10. The van der Waals surface area contributed by atoms with Gasteiger partial charge in [-0.1, -0.05) is 18.2 Å². The lowest BCUT2D eigenvalue weighted by Gasteiger charge is -2.22. The third kappa shape index (κ3) is 3.04. The molecule has 0 aliphatic carbocycles.